The Bertz CT molecular complexity index is 842. The van der Waals surface area contributed by atoms with Crippen molar-refractivity contribution in [3.8, 4) is 0 Å². The van der Waals surface area contributed by atoms with Crippen molar-refractivity contribution in [2.75, 3.05) is 17.7 Å². The van der Waals surface area contributed by atoms with Crippen LogP contribution in [0.1, 0.15) is 17.3 Å². The normalized spacial score (nSPS) is 10.5. The number of ether oxygens (including phenoxy) is 1. The fraction of sp³-hybridized carbons (Fsp3) is 0.105. The molecule has 0 atom stereocenters. The van der Waals surface area contributed by atoms with Gasteiger partial charge in [-0.15, -0.1) is 0 Å². The fourth-order valence-corrected chi connectivity index (χ4v) is 2.46. The largest absolute Gasteiger partial charge is 0.462 e. The van der Waals surface area contributed by atoms with Crippen LogP contribution in [0, 0.1) is 0 Å². The molecule has 4 heteroatoms. The molecule has 0 fully saturated rings. The molecule has 0 saturated heterocycles. The van der Waals surface area contributed by atoms with Gasteiger partial charge in [0.2, 0.25) is 0 Å². The molecule has 3 aromatic rings. The second-order valence-corrected chi connectivity index (χ2v) is 5.17. The van der Waals surface area contributed by atoms with Crippen LogP contribution in [-0.4, -0.2) is 12.6 Å². The number of rotatable bonds is 4. The highest BCUT2D eigenvalue weighted by Gasteiger charge is 2.07. The minimum Gasteiger partial charge on any atom is -0.462 e. The number of benzene rings is 3. The van der Waals surface area contributed by atoms with Gasteiger partial charge in [-0.3, -0.25) is 0 Å². The van der Waals surface area contributed by atoms with Crippen LogP contribution < -0.4 is 11.1 Å². The van der Waals surface area contributed by atoms with Crippen molar-refractivity contribution in [3.05, 3.63) is 66.2 Å². The summed E-state index contributed by atoms with van der Waals surface area (Å²) in [5.74, 6) is -0.315. The van der Waals surface area contributed by atoms with Crippen LogP contribution in [0.15, 0.2) is 60.7 Å². The Labute approximate surface area is 134 Å². The van der Waals surface area contributed by atoms with Crippen LogP contribution in [0.5, 0.6) is 0 Å². The van der Waals surface area contributed by atoms with Gasteiger partial charge in [0.1, 0.15) is 0 Å². The molecule has 0 saturated carbocycles. The topological polar surface area (TPSA) is 64.3 Å². The van der Waals surface area contributed by atoms with Gasteiger partial charge in [0.15, 0.2) is 0 Å². The van der Waals surface area contributed by atoms with E-state index in [1.54, 1.807) is 19.1 Å². The first kappa shape index (κ1) is 14.9. The molecule has 0 amide bonds. The lowest BCUT2D eigenvalue weighted by Crippen LogP contribution is -2.04. The molecule has 4 nitrogen and oxygen atoms in total. The van der Waals surface area contributed by atoms with E-state index in [1.807, 2.05) is 48.5 Å². The highest BCUT2D eigenvalue weighted by Crippen LogP contribution is 2.30. The Morgan fingerprint density at radius 3 is 2.52 bits per heavy atom. The molecule has 0 aliphatic heterocycles. The fourth-order valence-electron chi connectivity index (χ4n) is 2.46. The molecule has 0 unspecified atom stereocenters. The van der Waals surface area contributed by atoms with Gasteiger partial charge >= 0.3 is 5.97 Å². The molecule has 3 rings (SSSR count). The third kappa shape index (κ3) is 3.11. The molecule has 0 aliphatic carbocycles. The predicted molar refractivity (Wildman–Crippen MR) is 94.0 cm³/mol. The summed E-state index contributed by atoms with van der Waals surface area (Å²) < 4.78 is 4.97. The Hall–Kier alpha value is -3.01. The zero-order valence-corrected chi connectivity index (χ0v) is 12.9. The molecule has 0 radical (unpaired) electrons. The van der Waals surface area contributed by atoms with E-state index in [4.69, 9.17) is 10.5 Å². The minimum atomic E-state index is -0.315. The molecule has 0 heterocycles. The molecule has 0 aliphatic rings. The van der Waals surface area contributed by atoms with Gasteiger partial charge < -0.3 is 15.8 Å². The van der Waals surface area contributed by atoms with E-state index in [0.717, 1.165) is 22.1 Å². The van der Waals surface area contributed by atoms with Crippen molar-refractivity contribution in [2.45, 2.75) is 6.92 Å². The van der Waals surface area contributed by atoms with Gasteiger partial charge in [-0.2, -0.15) is 0 Å². The number of fused-ring (bicyclic) bond motifs is 1. The smallest absolute Gasteiger partial charge is 0.338 e. The van der Waals surface area contributed by atoms with Gasteiger partial charge in [-0.05, 0) is 42.6 Å². The zero-order valence-electron chi connectivity index (χ0n) is 12.9. The van der Waals surface area contributed by atoms with Crippen molar-refractivity contribution in [1.29, 1.82) is 0 Å². The predicted octanol–water partition coefficient (Wildman–Crippen LogP) is 4.34. The first-order chi connectivity index (χ1) is 11.2. The third-order valence-electron chi connectivity index (χ3n) is 3.65. The summed E-state index contributed by atoms with van der Waals surface area (Å²) in [6, 6.07) is 19.1. The zero-order chi connectivity index (χ0) is 16.2. The summed E-state index contributed by atoms with van der Waals surface area (Å²) in [5.41, 5.74) is 9.19. The lowest BCUT2D eigenvalue weighted by Gasteiger charge is -2.12. The molecule has 116 valence electrons. The second kappa shape index (κ2) is 6.40. The molecule has 3 N–H and O–H groups in total. The van der Waals surface area contributed by atoms with E-state index < -0.39 is 0 Å². The summed E-state index contributed by atoms with van der Waals surface area (Å²) in [6.07, 6.45) is 0. The molecular formula is C19H18N2O2. The number of nitrogens with one attached hydrogen (secondary N) is 1. The highest BCUT2D eigenvalue weighted by molar-refractivity contribution is 5.99. The summed E-state index contributed by atoms with van der Waals surface area (Å²) >= 11 is 0. The minimum absolute atomic E-state index is 0.315. The number of nitrogen functional groups attached to an aromatic ring is 1. The van der Waals surface area contributed by atoms with Crippen LogP contribution >= 0.6 is 0 Å². The second-order valence-electron chi connectivity index (χ2n) is 5.17. The number of carbonyl (C=O) groups excluding carboxylic acids is 1. The van der Waals surface area contributed by atoms with Gasteiger partial charge in [0, 0.05) is 11.1 Å². The van der Waals surface area contributed by atoms with E-state index in [9.17, 15) is 4.79 Å². The number of anilines is 3. The first-order valence-corrected chi connectivity index (χ1v) is 7.50. The van der Waals surface area contributed by atoms with Gasteiger partial charge in [-0.25, -0.2) is 4.79 Å². The van der Waals surface area contributed by atoms with Crippen molar-refractivity contribution in [3.63, 3.8) is 0 Å². The molecular weight excluding hydrogens is 288 g/mol. The molecule has 0 bridgehead atoms. The lowest BCUT2D eigenvalue weighted by molar-refractivity contribution is 0.0526. The van der Waals surface area contributed by atoms with Crippen molar-refractivity contribution in [1.82, 2.24) is 0 Å². The van der Waals surface area contributed by atoms with Crippen LogP contribution in [0.3, 0.4) is 0 Å². The quantitative estimate of drug-likeness (QED) is 0.556. The number of esters is 1. The Balaban J connectivity index is 1.85. The van der Waals surface area contributed by atoms with E-state index >= 15 is 0 Å². The first-order valence-electron chi connectivity index (χ1n) is 7.50. The summed E-state index contributed by atoms with van der Waals surface area (Å²) in [6.45, 7) is 2.16. The molecule has 0 spiro atoms. The maximum absolute atomic E-state index is 11.7. The van der Waals surface area contributed by atoms with Gasteiger partial charge in [-0.1, -0.05) is 30.3 Å². The van der Waals surface area contributed by atoms with E-state index in [2.05, 4.69) is 5.32 Å². The SMILES string of the molecule is CCOC(=O)c1ccc(Nc2ccc3ccccc3c2N)cc1. The monoisotopic (exact) mass is 306 g/mol. The standard InChI is InChI=1S/C19H18N2O2/c1-2-23-19(22)14-7-10-15(11-8-14)21-17-12-9-13-5-3-4-6-16(13)18(17)20/h3-12,21H,2,20H2,1H3. The van der Waals surface area contributed by atoms with E-state index in [1.165, 1.54) is 0 Å². The van der Waals surface area contributed by atoms with Crippen molar-refractivity contribution < 1.29 is 9.53 Å². The number of hydrogen-bond acceptors (Lipinski definition) is 4. The summed E-state index contributed by atoms with van der Waals surface area (Å²) in [4.78, 5) is 11.7. The van der Waals surface area contributed by atoms with E-state index in [0.29, 0.717) is 17.9 Å². The molecule has 23 heavy (non-hydrogen) atoms. The van der Waals surface area contributed by atoms with Crippen LogP contribution in [0.2, 0.25) is 0 Å². The average molecular weight is 306 g/mol. The number of hydrogen-bond donors (Lipinski definition) is 2. The van der Waals surface area contributed by atoms with Gasteiger partial charge in [0.25, 0.3) is 0 Å². The van der Waals surface area contributed by atoms with Crippen LogP contribution in [0.4, 0.5) is 17.1 Å². The Morgan fingerprint density at radius 2 is 1.78 bits per heavy atom. The third-order valence-corrected chi connectivity index (χ3v) is 3.65. The van der Waals surface area contributed by atoms with Crippen molar-refractivity contribution in [2.24, 2.45) is 0 Å². The van der Waals surface area contributed by atoms with Gasteiger partial charge in [0.05, 0.1) is 23.5 Å². The number of carbonyl (C=O) groups is 1. The molecule has 0 aromatic heterocycles. The van der Waals surface area contributed by atoms with Crippen molar-refractivity contribution >= 4 is 33.8 Å². The van der Waals surface area contributed by atoms with E-state index in [-0.39, 0.29) is 5.97 Å². The molecule has 3 aromatic carbocycles. The Kier molecular flexibility index (Phi) is 4.15. The summed E-state index contributed by atoms with van der Waals surface area (Å²) in [5, 5.41) is 5.40. The average Bonchev–Trinajstić information content (AvgIpc) is 2.58. The maximum Gasteiger partial charge on any atom is 0.338 e. The number of nitrogens with two attached hydrogens (primary N) is 1. The van der Waals surface area contributed by atoms with Crippen LogP contribution in [-0.2, 0) is 4.74 Å². The van der Waals surface area contributed by atoms with Crippen LogP contribution in [0.25, 0.3) is 10.8 Å². The Morgan fingerprint density at radius 1 is 1.04 bits per heavy atom. The lowest BCUT2D eigenvalue weighted by atomic mass is 10.1. The highest BCUT2D eigenvalue weighted by atomic mass is 16.5. The maximum atomic E-state index is 11.7. The summed E-state index contributed by atoms with van der Waals surface area (Å²) in [7, 11) is 0.